The van der Waals surface area contributed by atoms with E-state index < -0.39 is 11.7 Å². The molecule has 1 saturated heterocycles. The van der Waals surface area contributed by atoms with E-state index in [4.69, 9.17) is 5.73 Å². The summed E-state index contributed by atoms with van der Waals surface area (Å²) < 4.78 is 38.2. The Kier molecular flexibility index (Phi) is 4.81. The van der Waals surface area contributed by atoms with E-state index in [-0.39, 0.29) is 11.9 Å². The molecule has 132 valence electrons. The van der Waals surface area contributed by atoms with Gasteiger partial charge in [-0.15, -0.1) is 0 Å². The molecule has 0 aliphatic carbocycles. The summed E-state index contributed by atoms with van der Waals surface area (Å²) in [6.07, 6.45) is -2.58. The van der Waals surface area contributed by atoms with E-state index in [0.29, 0.717) is 29.8 Å². The first kappa shape index (κ1) is 17.5. The monoisotopic (exact) mass is 348 g/mol. The number of nitrogens with two attached hydrogens (primary N) is 1. The molecule has 2 N–H and O–H groups in total. The van der Waals surface area contributed by atoms with Crippen molar-refractivity contribution in [3.63, 3.8) is 0 Å². The van der Waals surface area contributed by atoms with Crippen LogP contribution in [0.25, 0.3) is 11.1 Å². The van der Waals surface area contributed by atoms with Gasteiger partial charge in [-0.1, -0.05) is 30.3 Å². The van der Waals surface area contributed by atoms with Crippen LogP contribution in [-0.4, -0.2) is 29.9 Å². The zero-order valence-electron chi connectivity index (χ0n) is 13.6. The van der Waals surface area contributed by atoms with Crippen molar-refractivity contribution in [1.29, 1.82) is 0 Å². The van der Waals surface area contributed by atoms with Gasteiger partial charge >= 0.3 is 6.18 Å². The van der Waals surface area contributed by atoms with Crippen LogP contribution in [0.5, 0.6) is 0 Å². The molecule has 3 rings (SSSR count). The van der Waals surface area contributed by atoms with Gasteiger partial charge in [-0.05, 0) is 42.2 Å². The summed E-state index contributed by atoms with van der Waals surface area (Å²) >= 11 is 0. The molecule has 1 amide bonds. The van der Waals surface area contributed by atoms with Crippen molar-refractivity contribution in [2.75, 3.05) is 13.1 Å². The number of rotatable bonds is 3. The Morgan fingerprint density at radius 3 is 2.44 bits per heavy atom. The number of benzene rings is 2. The lowest BCUT2D eigenvalue weighted by atomic mass is 9.97. The highest BCUT2D eigenvalue weighted by atomic mass is 19.4. The third-order valence-electron chi connectivity index (χ3n) is 4.59. The normalized spacial score (nSPS) is 17.8. The van der Waals surface area contributed by atoms with Gasteiger partial charge < -0.3 is 10.6 Å². The Balaban J connectivity index is 1.95. The lowest BCUT2D eigenvalue weighted by Crippen LogP contribution is -2.40. The van der Waals surface area contributed by atoms with Crippen LogP contribution in [-0.2, 0) is 6.18 Å². The summed E-state index contributed by atoms with van der Waals surface area (Å²) in [4.78, 5) is 14.7. The predicted octanol–water partition coefficient (Wildman–Crippen LogP) is 3.94. The molecule has 1 aliphatic heterocycles. The molecule has 0 unspecified atom stereocenters. The van der Waals surface area contributed by atoms with Gasteiger partial charge in [0.1, 0.15) is 0 Å². The zero-order valence-corrected chi connectivity index (χ0v) is 13.6. The number of hydrogen-bond acceptors (Lipinski definition) is 2. The van der Waals surface area contributed by atoms with E-state index in [2.05, 4.69) is 0 Å². The van der Waals surface area contributed by atoms with Gasteiger partial charge in [0.05, 0.1) is 5.56 Å². The first-order valence-electron chi connectivity index (χ1n) is 8.19. The van der Waals surface area contributed by atoms with Crippen LogP contribution >= 0.6 is 0 Å². The van der Waals surface area contributed by atoms with Crippen LogP contribution in [0, 0.1) is 0 Å². The SMILES string of the molecule is NC[C@@H]1CCCN1C(=O)c1ccccc1-c1ccc(C(F)(F)F)cc1. The van der Waals surface area contributed by atoms with Crippen LogP contribution in [0.1, 0.15) is 28.8 Å². The number of nitrogens with zero attached hydrogens (tertiary/aromatic N) is 1. The fourth-order valence-corrected chi connectivity index (χ4v) is 3.26. The maximum absolute atomic E-state index is 12.9. The van der Waals surface area contributed by atoms with Crippen molar-refractivity contribution < 1.29 is 18.0 Å². The Morgan fingerprint density at radius 2 is 1.80 bits per heavy atom. The van der Waals surface area contributed by atoms with Gasteiger partial charge in [-0.3, -0.25) is 4.79 Å². The molecule has 3 nitrogen and oxygen atoms in total. The van der Waals surface area contributed by atoms with Gasteiger partial charge in [-0.2, -0.15) is 13.2 Å². The largest absolute Gasteiger partial charge is 0.416 e. The second kappa shape index (κ2) is 6.88. The van der Waals surface area contributed by atoms with Gasteiger partial charge in [0.2, 0.25) is 0 Å². The van der Waals surface area contributed by atoms with Crippen LogP contribution in [0.2, 0.25) is 0 Å². The molecule has 1 fully saturated rings. The second-order valence-electron chi connectivity index (χ2n) is 6.15. The standard InChI is InChI=1S/C19H19F3N2O/c20-19(21,22)14-9-7-13(8-10-14)16-5-1-2-6-17(16)18(25)24-11-3-4-15(24)12-23/h1-2,5-10,15H,3-4,11-12,23H2/t15-/m0/s1. The van der Waals surface area contributed by atoms with Gasteiger partial charge in [0, 0.05) is 24.7 Å². The summed E-state index contributed by atoms with van der Waals surface area (Å²) in [5, 5.41) is 0. The molecule has 1 aliphatic rings. The number of carbonyl (C=O) groups is 1. The number of amides is 1. The quantitative estimate of drug-likeness (QED) is 0.913. The molecule has 6 heteroatoms. The molecule has 1 heterocycles. The molecule has 25 heavy (non-hydrogen) atoms. The third kappa shape index (κ3) is 3.54. The highest BCUT2D eigenvalue weighted by molar-refractivity contribution is 6.01. The highest BCUT2D eigenvalue weighted by Crippen LogP contribution is 2.32. The molecule has 2 aromatic rings. The minimum atomic E-state index is -4.38. The average molecular weight is 348 g/mol. The van der Waals surface area contributed by atoms with Crippen molar-refractivity contribution in [2.24, 2.45) is 5.73 Å². The Morgan fingerprint density at radius 1 is 1.12 bits per heavy atom. The predicted molar refractivity (Wildman–Crippen MR) is 90.0 cm³/mol. The van der Waals surface area contributed by atoms with Gasteiger partial charge in [-0.25, -0.2) is 0 Å². The lowest BCUT2D eigenvalue weighted by Gasteiger charge is -2.24. The Bertz CT molecular complexity index is 756. The van der Waals surface area contributed by atoms with Crippen LogP contribution in [0.3, 0.4) is 0 Å². The molecule has 0 bridgehead atoms. The van der Waals surface area contributed by atoms with Gasteiger partial charge in [0.25, 0.3) is 5.91 Å². The maximum Gasteiger partial charge on any atom is 0.416 e. The highest BCUT2D eigenvalue weighted by Gasteiger charge is 2.31. The number of alkyl halides is 3. The van der Waals surface area contributed by atoms with Crippen molar-refractivity contribution in [1.82, 2.24) is 4.90 Å². The fraction of sp³-hybridized carbons (Fsp3) is 0.316. The van der Waals surface area contributed by atoms with E-state index in [1.807, 2.05) is 0 Å². The number of carbonyl (C=O) groups excluding carboxylic acids is 1. The molecule has 0 radical (unpaired) electrons. The van der Waals surface area contributed by atoms with E-state index in [0.717, 1.165) is 25.0 Å². The minimum absolute atomic E-state index is 0.0214. The molecule has 0 spiro atoms. The lowest BCUT2D eigenvalue weighted by molar-refractivity contribution is -0.137. The number of hydrogen-bond donors (Lipinski definition) is 1. The van der Waals surface area contributed by atoms with E-state index in [1.165, 1.54) is 12.1 Å². The summed E-state index contributed by atoms with van der Waals surface area (Å²) in [5.41, 5.74) is 6.74. The molecular weight excluding hydrogens is 329 g/mol. The van der Waals surface area contributed by atoms with Gasteiger partial charge in [0.15, 0.2) is 0 Å². The first-order chi connectivity index (χ1) is 11.9. The van der Waals surface area contributed by atoms with E-state index >= 15 is 0 Å². The van der Waals surface area contributed by atoms with Crippen molar-refractivity contribution in [3.8, 4) is 11.1 Å². The van der Waals surface area contributed by atoms with Crippen LogP contribution in [0.4, 0.5) is 13.2 Å². The van der Waals surface area contributed by atoms with Crippen LogP contribution < -0.4 is 5.73 Å². The topological polar surface area (TPSA) is 46.3 Å². The average Bonchev–Trinajstić information content (AvgIpc) is 3.09. The van der Waals surface area contributed by atoms with Crippen molar-refractivity contribution in [2.45, 2.75) is 25.1 Å². The molecule has 2 aromatic carbocycles. The summed E-state index contributed by atoms with van der Waals surface area (Å²) in [7, 11) is 0. The third-order valence-corrected chi connectivity index (χ3v) is 4.59. The number of halogens is 3. The van der Waals surface area contributed by atoms with Crippen LogP contribution in [0.15, 0.2) is 48.5 Å². The molecule has 0 aromatic heterocycles. The summed E-state index contributed by atoms with van der Waals surface area (Å²) in [6, 6.07) is 11.9. The maximum atomic E-state index is 12.9. The summed E-state index contributed by atoms with van der Waals surface area (Å²) in [5.74, 6) is -0.122. The first-order valence-corrected chi connectivity index (χ1v) is 8.19. The molecule has 0 saturated carbocycles. The second-order valence-corrected chi connectivity index (χ2v) is 6.15. The van der Waals surface area contributed by atoms with Crippen molar-refractivity contribution >= 4 is 5.91 Å². The minimum Gasteiger partial charge on any atom is -0.334 e. The smallest absolute Gasteiger partial charge is 0.334 e. The number of likely N-dealkylation sites (tertiary alicyclic amines) is 1. The zero-order chi connectivity index (χ0) is 18.0. The Hall–Kier alpha value is -2.34. The molecule has 1 atom stereocenters. The Labute approximate surface area is 144 Å². The van der Waals surface area contributed by atoms with E-state index in [9.17, 15) is 18.0 Å². The van der Waals surface area contributed by atoms with Crippen molar-refractivity contribution in [3.05, 3.63) is 59.7 Å². The molecular formula is C19H19F3N2O. The summed E-state index contributed by atoms with van der Waals surface area (Å²) in [6.45, 7) is 1.07. The van der Waals surface area contributed by atoms with E-state index in [1.54, 1.807) is 29.2 Å². The fourth-order valence-electron chi connectivity index (χ4n) is 3.26.